The van der Waals surface area contributed by atoms with Crippen molar-refractivity contribution < 1.29 is 14.3 Å². The summed E-state index contributed by atoms with van der Waals surface area (Å²) in [5.74, 6) is -0.729. The molecular formula is C10H12N2O3S. The topological polar surface area (TPSA) is 81.4 Å². The van der Waals surface area contributed by atoms with Crippen molar-refractivity contribution in [2.45, 2.75) is 12.0 Å². The first-order chi connectivity index (χ1) is 7.59. The highest BCUT2D eigenvalue weighted by molar-refractivity contribution is 7.12. The molecule has 86 valence electrons. The molecule has 1 aromatic heterocycles. The van der Waals surface area contributed by atoms with Crippen molar-refractivity contribution in [3.05, 3.63) is 22.4 Å². The Labute approximate surface area is 96.6 Å². The van der Waals surface area contributed by atoms with Gasteiger partial charge in [-0.3, -0.25) is 14.9 Å². The van der Waals surface area contributed by atoms with Gasteiger partial charge in [0.1, 0.15) is 0 Å². The minimum absolute atomic E-state index is 0.115. The van der Waals surface area contributed by atoms with Gasteiger partial charge in [0.15, 0.2) is 0 Å². The molecular weight excluding hydrogens is 228 g/mol. The number of nitrogens with one attached hydrogen (secondary N) is 1. The van der Waals surface area contributed by atoms with Gasteiger partial charge in [-0.1, -0.05) is 6.07 Å². The van der Waals surface area contributed by atoms with Crippen LogP contribution in [-0.4, -0.2) is 30.6 Å². The summed E-state index contributed by atoms with van der Waals surface area (Å²) in [7, 11) is 0. The summed E-state index contributed by atoms with van der Waals surface area (Å²) in [4.78, 5) is 23.5. The number of carbonyl (C=O) groups excluding carboxylic acids is 2. The number of amides is 2. The molecule has 0 aliphatic carbocycles. The average molecular weight is 240 g/mol. The quantitative estimate of drug-likeness (QED) is 0.786. The third kappa shape index (κ3) is 2.46. The molecule has 0 spiro atoms. The molecule has 0 saturated carbocycles. The molecule has 0 atom stereocenters. The number of imide groups is 1. The summed E-state index contributed by atoms with van der Waals surface area (Å²) in [5.41, 5.74) is 5.21. The van der Waals surface area contributed by atoms with Crippen molar-refractivity contribution in [1.82, 2.24) is 5.32 Å². The maximum Gasteiger partial charge on any atom is 0.267 e. The van der Waals surface area contributed by atoms with Crippen LogP contribution in [0.3, 0.4) is 0 Å². The monoisotopic (exact) mass is 240 g/mol. The molecule has 0 aromatic carbocycles. The van der Waals surface area contributed by atoms with Crippen molar-refractivity contribution >= 4 is 23.2 Å². The Morgan fingerprint density at radius 1 is 1.56 bits per heavy atom. The number of carbonyl (C=O) groups is 2. The number of nitrogens with two attached hydrogens (primary N) is 1. The van der Waals surface area contributed by atoms with Crippen LogP contribution in [0.15, 0.2) is 17.5 Å². The number of ether oxygens (including phenoxy) is 1. The lowest BCUT2D eigenvalue weighted by Crippen LogP contribution is -2.59. The molecule has 1 saturated heterocycles. The average Bonchev–Trinajstić information content (AvgIpc) is 2.67. The molecule has 6 heteroatoms. The Bertz CT molecular complexity index is 398. The predicted octanol–water partition coefficient (Wildman–Crippen LogP) is 0.122. The molecule has 2 amide bonds. The van der Waals surface area contributed by atoms with Crippen LogP contribution in [0, 0.1) is 0 Å². The molecule has 2 rings (SSSR count). The summed E-state index contributed by atoms with van der Waals surface area (Å²) in [5, 5.41) is 4.08. The van der Waals surface area contributed by atoms with E-state index in [2.05, 4.69) is 5.32 Å². The van der Waals surface area contributed by atoms with Crippen LogP contribution < -0.4 is 11.1 Å². The lowest BCUT2D eigenvalue weighted by molar-refractivity contribution is -0.127. The van der Waals surface area contributed by atoms with Gasteiger partial charge in [0.25, 0.3) is 5.91 Å². The smallest absolute Gasteiger partial charge is 0.267 e. The van der Waals surface area contributed by atoms with Crippen LogP contribution >= 0.6 is 11.3 Å². The molecule has 5 nitrogen and oxygen atoms in total. The third-order valence-electron chi connectivity index (χ3n) is 2.29. The fourth-order valence-electron chi connectivity index (χ4n) is 1.43. The molecule has 1 aliphatic heterocycles. The molecule has 1 aliphatic rings. The van der Waals surface area contributed by atoms with E-state index in [1.807, 2.05) is 0 Å². The normalized spacial score (nSPS) is 17.6. The first-order valence-electron chi connectivity index (χ1n) is 4.83. The second kappa shape index (κ2) is 4.32. The largest absolute Gasteiger partial charge is 0.377 e. The number of thiophene rings is 1. The van der Waals surface area contributed by atoms with Crippen LogP contribution in [0.5, 0.6) is 0 Å². The lowest BCUT2D eigenvalue weighted by Gasteiger charge is -2.36. The van der Waals surface area contributed by atoms with E-state index in [1.54, 1.807) is 17.5 Å². The maximum absolute atomic E-state index is 11.5. The van der Waals surface area contributed by atoms with E-state index in [-0.39, 0.29) is 18.2 Å². The van der Waals surface area contributed by atoms with Gasteiger partial charge in [-0.05, 0) is 11.4 Å². The number of hydrogen-bond acceptors (Lipinski definition) is 5. The molecule has 1 fully saturated rings. The molecule has 16 heavy (non-hydrogen) atoms. The van der Waals surface area contributed by atoms with Crippen molar-refractivity contribution in [2.75, 3.05) is 13.2 Å². The van der Waals surface area contributed by atoms with E-state index >= 15 is 0 Å². The van der Waals surface area contributed by atoms with Gasteiger partial charge in [-0.25, -0.2) is 0 Å². The first kappa shape index (κ1) is 11.3. The van der Waals surface area contributed by atoms with Gasteiger partial charge < -0.3 is 10.5 Å². The summed E-state index contributed by atoms with van der Waals surface area (Å²) in [6.07, 6.45) is 0.115. The van der Waals surface area contributed by atoms with E-state index in [0.29, 0.717) is 18.1 Å². The zero-order valence-corrected chi connectivity index (χ0v) is 9.38. The highest BCUT2D eigenvalue weighted by atomic mass is 32.1. The van der Waals surface area contributed by atoms with Crippen molar-refractivity contribution in [1.29, 1.82) is 0 Å². The molecule has 0 bridgehead atoms. The summed E-state index contributed by atoms with van der Waals surface area (Å²) in [6.45, 7) is 0.737. The Balaban J connectivity index is 1.85. The highest BCUT2D eigenvalue weighted by Crippen LogP contribution is 2.17. The van der Waals surface area contributed by atoms with E-state index in [9.17, 15) is 9.59 Å². The minimum Gasteiger partial charge on any atom is -0.377 e. The van der Waals surface area contributed by atoms with Gasteiger partial charge in [0, 0.05) is 6.42 Å². The number of hydrogen-bond donors (Lipinski definition) is 2. The molecule has 3 N–H and O–H groups in total. The van der Waals surface area contributed by atoms with Gasteiger partial charge in [0.2, 0.25) is 5.91 Å². The first-order valence-corrected chi connectivity index (χ1v) is 5.71. The zero-order valence-electron chi connectivity index (χ0n) is 8.56. The Morgan fingerprint density at radius 3 is 2.81 bits per heavy atom. The molecule has 0 unspecified atom stereocenters. The molecule has 0 radical (unpaired) electrons. The van der Waals surface area contributed by atoms with Crippen LogP contribution in [-0.2, 0) is 9.53 Å². The Kier molecular flexibility index (Phi) is 3.04. The summed E-state index contributed by atoms with van der Waals surface area (Å²) < 4.78 is 4.93. The lowest BCUT2D eigenvalue weighted by atomic mass is 9.94. The van der Waals surface area contributed by atoms with Gasteiger partial charge in [0.05, 0.1) is 23.6 Å². The molecule has 1 aromatic rings. The zero-order chi connectivity index (χ0) is 11.6. The standard InChI is InChI=1S/C10H12N2O3S/c11-10(5-15-6-10)4-8(13)12-9(14)7-2-1-3-16-7/h1-3H,4-6,11H2,(H,12,13,14). The van der Waals surface area contributed by atoms with Crippen LogP contribution in [0.4, 0.5) is 0 Å². The highest BCUT2D eigenvalue weighted by Gasteiger charge is 2.36. The van der Waals surface area contributed by atoms with Gasteiger partial charge in [-0.15, -0.1) is 11.3 Å². The fraction of sp³-hybridized carbons (Fsp3) is 0.400. The van der Waals surface area contributed by atoms with Gasteiger partial charge >= 0.3 is 0 Å². The van der Waals surface area contributed by atoms with E-state index in [1.165, 1.54) is 11.3 Å². The predicted molar refractivity (Wildman–Crippen MR) is 59.1 cm³/mol. The van der Waals surface area contributed by atoms with Gasteiger partial charge in [-0.2, -0.15) is 0 Å². The van der Waals surface area contributed by atoms with Crippen molar-refractivity contribution in [2.24, 2.45) is 5.73 Å². The second-order valence-electron chi connectivity index (χ2n) is 3.89. The number of rotatable bonds is 3. The SMILES string of the molecule is NC1(CC(=O)NC(=O)c2cccs2)COC1. The van der Waals surface area contributed by atoms with E-state index in [0.717, 1.165) is 0 Å². The minimum atomic E-state index is -0.597. The summed E-state index contributed by atoms with van der Waals surface area (Å²) in [6, 6.07) is 3.42. The van der Waals surface area contributed by atoms with Crippen LogP contribution in [0.2, 0.25) is 0 Å². The Hall–Kier alpha value is -1.24. The molecule has 2 heterocycles. The van der Waals surface area contributed by atoms with E-state index in [4.69, 9.17) is 10.5 Å². The second-order valence-corrected chi connectivity index (χ2v) is 4.83. The van der Waals surface area contributed by atoms with E-state index < -0.39 is 5.54 Å². The van der Waals surface area contributed by atoms with Crippen LogP contribution in [0.1, 0.15) is 16.1 Å². The summed E-state index contributed by atoms with van der Waals surface area (Å²) >= 11 is 1.29. The third-order valence-corrected chi connectivity index (χ3v) is 3.16. The maximum atomic E-state index is 11.5. The van der Waals surface area contributed by atoms with Crippen LogP contribution in [0.25, 0.3) is 0 Å². The van der Waals surface area contributed by atoms with Crippen molar-refractivity contribution in [3.63, 3.8) is 0 Å². The Morgan fingerprint density at radius 2 is 2.31 bits per heavy atom. The van der Waals surface area contributed by atoms with Crippen molar-refractivity contribution in [3.8, 4) is 0 Å². The fourth-order valence-corrected chi connectivity index (χ4v) is 2.05.